The predicted octanol–water partition coefficient (Wildman–Crippen LogP) is 3.39. The van der Waals surface area contributed by atoms with Crippen LogP contribution in [0.5, 0.6) is 0 Å². The zero-order valence-corrected chi connectivity index (χ0v) is 12.4. The molecule has 0 aliphatic heterocycles. The molecule has 0 aliphatic carbocycles. The summed E-state index contributed by atoms with van der Waals surface area (Å²) < 4.78 is 0. The smallest absolute Gasteiger partial charge is 0.264 e. The van der Waals surface area contributed by atoms with Crippen molar-refractivity contribution in [1.29, 1.82) is 0 Å². The summed E-state index contributed by atoms with van der Waals surface area (Å²) in [5, 5.41) is 11.7. The van der Waals surface area contributed by atoms with Crippen LogP contribution in [0.15, 0.2) is 29.6 Å². The van der Waals surface area contributed by atoms with Crippen molar-refractivity contribution in [3.63, 3.8) is 0 Å². The zero-order chi connectivity index (χ0) is 14.3. The Balaban J connectivity index is 2.87. The SMILES string of the molecule is CCCN(Cc1ccc(Cl)nc1)C(=C[N+](=O)[O-])SC. The Hall–Kier alpha value is -1.27. The summed E-state index contributed by atoms with van der Waals surface area (Å²) in [6, 6.07) is 3.60. The second-order valence-corrected chi connectivity index (χ2v) is 5.08. The lowest BCUT2D eigenvalue weighted by Gasteiger charge is -2.24. The molecule has 0 aromatic carbocycles. The van der Waals surface area contributed by atoms with Crippen LogP contribution in [0.4, 0.5) is 0 Å². The number of pyridine rings is 1. The van der Waals surface area contributed by atoms with Crippen LogP contribution in [-0.2, 0) is 6.54 Å². The third-order valence-corrected chi connectivity index (χ3v) is 3.40. The Morgan fingerprint density at radius 3 is 2.84 bits per heavy atom. The molecule has 1 aromatic rings. The van der Waals surface area contributed by atoms with Crippen molar-refractivity contribution in [1.82, 2.24) is 9.88 Å². The van der Waals surface area contributed by atoms with Crippen LogP contribution in [0, 0.1) is 10.1 Å². The molecule has 104 valence electrons. The average molecular weight is 302 g/mol. The fourth-order valence-electron chi connectivity index (χ4n) is 1.61. The van der Waals surface area contributed by atoms with E-state index in [1.165, 1.54) is 11.8 Å². The highest BCUT2D eigenvalue weighted by molar-refractivity contribution is 8.02. The molecule has 0 spiro atoms. The second kappa shape index (κ2) is 8.01. The first-order chi connectivity index (χ1) is 9.06. The molecule has 5 nitrogen and oxygen atoms in total. The number of halogens is 1. The highest BCUT2D eigenvalue weighted by Gasteiger charge is 2.12. The molecule has 0 N–H and O–H groups in total. The maximum absolute atomic E-state index is 10.6. The summed E-state index contributed by atoms with van der Waals surface area (Å²) in [6.07, 6.45) is 5.48. The molecule has 0 aliphatic rings. The molecule has 0 radical (unpaired) electrons. The van der Waals surface area contributed by atoms with Gasteiger partial charge >= 0.3 is 0 Å². The Bertz CT molecular complexity index is 451. The Morgan fingerprint density at radius 2 is 2.37 bits per heavy atom. The summed E-state index contributed by atoms with van der Waals surface area (Å²) in [7, 11) is 0. The first-order valence-corrected chi connectivity index (χ1v) is 7.41. The quantitative estimate of drug-likeness (QED) is 0.439. The Morgan fingerprint density at radius 1 is 1.63 bits per heavy atom. The van der Waals surface area contributed by atoms with E-state index in [4.69, 9.17) is 11.6 Å². The van der Waals surface area contributed by atoms with Crippen molar-refractivity contribution in [2.45, 2.75) is 19.9 Å². The maximum Gasteiger partial charge on any atom is 0.264 e. The standard InChI is InChI=1S/C12H16ClN3O2S/c1-3-6-15(12(19-2)9-16(17)18)8-10-4-5-11(13)14-7-10/h4-5,7,9H,3,6,8H2,1-2H3. The minimum absolute atomic E-state index is 0.422. The van der Waals surface area contributed by atoms with Gasteiger partial charge in [0, 0.05) is 19.3 Å². The summed E-state index contributed by atoms with van der Waals surface area (Å²) in [4.78, 5) is 16.2. The summed E-state index contributed by atoms with van der Waals surface area (Å²) in [6.45, 7) is 3.37. The molecular formula is C12H16ClN3O2S. The molecular weight excluding hydrogens is 286 g/mol. The van der Waals surface area contributed by atoms with Crippen LogP contribution in [0.2, 0.25) is 5.15 Å². The number of thioether (sulfide) groups is 1. The van der Waals surface area contributed by atoms with E-state index >= 15 is 0 Å². The first-order valence-electron chi connectivity index (χ1n) is 5.81. The van der Waals surface area contributed by atoms with E-state index in [9.17, 15) is 10.1 Å². The van der Waals surface area contributed by atoms with E-state index in [2.05, 4.69) is 4.98 Å². The second-order valence-electron chi connectivity index (χ2n) is 3.87. The molecule has 1 rings (SSSR count). The van der Waals surface area contributed by atoms with E-state index in [1.54, 1.807) is 12.3 Å². The van der Waals surface area contributed by atoms with Gasteiger partial charge in [0.05, 0.1) is 4.92 Å². The van der Waals surface area contributed by atoms with Crippen molar-refractivity contribution < 1.29 is 4.92 Å². The Kier molecular flexibility index (Phi) is 6.66. The number of nitro groups is 1. The molecule has 0 fully saturated rings. The fourth-order valence-corrected chi connectivity index (χ4v) is 2.33. The minimum atomic E-state index is -0.422. The Labute approximate surface area is 121 Å². The van der Waals surface area contributed by atoms with E-state index in [1.807, 2.05) is 24.1 Å². The number of nitrogens with zero attached hydrogens (tertiary/aromatic N) is 3. The third kappa shape index (κ3) is 5.48. The average Bonchev–Trinajstić information content (AvgIpc) is 2.38. The van der Waals surface area contributed by atoms with Gasteiger partial charge in [-0.1, -0.05) is 24.6 Å². The van der Waals surface area contributed by atoms with Gasteiger partial charge in [0.25, 0.3) is 6.20 Å². The van der Waals surface area contributed by atoms with Crippen LogP contribution < -0.4 is 0 Å². The lowest BCUT2D eigenvalue weighted by atomic mass is 10.2. The van der Waals surface area contributed by atoms with Crippen molar-refractivity contribution in [2.75, 3.05) is 12.8 Å². The topological polar surface area (TPSA) is 59.3 Å². The number of aromatic nitrogens is 1. The van der Waals surface area contributed by atoms with E-state index < -0.39 is 4.92 Å². The van der Waals surface area contributed by atoms with E-state index in [-0.39, 0.29) is 0 Å². The van der Waals surface area contributed by atoms with Crippen LogP contribution in [0.1, 0.15) is 18.9 Å². The van der Waals surface area contributed by atoms with Gasteiger partial charge in [-0.05, 0) is 24.3 Å². The van der Waals surface area contributed by atoms with Crippen molar-refractivity contribution >= 4 is 23.4 Å². The molecule has 0 bridgehead atoms. The van der Waals surface area contributed by atoms with Gasteiger partial charge in [0.2, 0.25) is 0 Å². The van der Waals surface area contributed by atoms with Crippen molar-refractivity contribution in [3.8, 4) is 0 Å². The van der Waals surface area contributed by atoms with Crippen LogP contribution in [-0.4, -0.2) is 27.6 Å². The first kappa shape index (κ1) is 15.8. The lowest BCUT2D eigenvalue weighted by molar-refractivity contribution is -0.403. The van der Waals surface area contributed by atoms with E-state index in [0.717, 1.165) is 24.7 Å². The number of hydrogen-bond donors (Lipinski definition) is 0. The molecule has 19 heavy (non-hydrogen) atoms. The van der Waals surface area contributed by atoms with Crippen LogP contribution in [0.3, 0.4) is 0 Å². The van der Waals surface area contributed by atoms with Gasteiger partial charge in [-0.3, -0.25) is 10.1 Å². The van der Waals surface area contributed by atoms with Crippen molar-refractivity contribution in [2.24, 2.45) is 0 Å². The number of rotatable bonds is 7. The monoisotopic (exact) mass is 301 g/mol. The molecule has 0 saturated carbocycles. The van der Waals surface area contributed by atoms with Gasteiger partial charge < -0.3 is 4.90 Å². The summed E-state index contributed by atoms with van der Waals surface area (Å²) in [5.74, 6) is 0. The highest BCUT2D eigenvalue weighted by Crippen LogP contribution is 2.20. The highest BCUT2D eigenvalue weighted by atomic mass is 35.5. The van der Waals surface area contributed by atoms with Gasteiger partial charge in [0.15, 0.2) is 0 Å². The minimum Gasteiger partial charge on any atom is -0.357 e. The van der Waals surface area contributed by atoms with Crippen molar-refractivity contribution in [3.05, 3.63) is 50.4 Å². The van der Waals surface area contributed by atoms with Crippen LogP contribution in [0.25, 0.3) is 0 Å². The largest absolute Gasteiger partial charge is 0.357 e. The third-order valence-electron chi connectivity index (χ3n) is 2.39. The van der Waals surface area contributed by atoms with Crippen LogP contribution >= 0.6 is 23.4 Å². The maximum atomic E-state index is 10.6. The van der Waals surface area contributed by atoms with Gasteiger partial charge in [0.1, 0.15) is 10.2 Å². The van der Waals surface area contributed by atoms with Gasteiger partial charge in [-0.15, -0.1) is 11.8 Å². The molecule has 0 unspecified atom stereocenters. The van der Waals surface area contributed by atoms with Gasteiger partial charge in [-0.25, -0.2) is 4.98 Å². The molecule has 0 amide bonds. The molecule has 7 heteroatoms. The fraction of sp³-hybridized carbons (Fsp3) is 0.417. The summed E-state index contributed by atoms with van der Waals surface area (Å²) in [5.41, 5.74) is 0.973. The van der Waals surface area contributed by atoms with Gasteiger partial charge in [-0.2, -0.15) is 0 Å². The lowest BCUT2D eigenvalue weighted by Crippen LogP contribution is -2.22. The summed E-state index contributed by atoms with van der Waals surface area (Å²) >= 11 is 7.11. The molecule has 0 saturated heterocycles. The molecule has 0 atom stereocenters. The van der Waals surface area contributed by atoms with E-state index in [0.29, 0.717) is 16.7 Å². The predicted molar refractivity (Wildman–Crippen MR) is 78.5 cm³/mol. The number of hydrogen-bond acceptors (Lipinski definition) is 5. The molecule has 1 aromatic heterocycles. The molecule has 1 heterocycles. The zero-order valence-electron chi connectivity index (χ0n) is 10.9. The normalized spacial score (nSPS) is 11.4.